The zero-order chi connectivity index (χ0) is 15.5. The van der Waals surface area contributed by atoms with E-state index >= 15 is 0 Å². The Bertz CT molecular complexity index is 775. The van der Waals surface area contributed by atoms with Crippen molar-refractivity contribution in [3.8, 4) is 5.69 Å². The van der Waals surface area contributed by atoms with Crippen LogP contribution in [0.1, 0.15) is 22.3 Å². The molecular formula is C18H19N3S. The third kappa shape index (κ3) is 3.22. The third-order valence-electron chi connectivity index (χ3n) is 3.62. The van der Waals surface area contributed by atoms with E-state index in [0.29, 0.717) is 0 Å². The van der Waals surface area contributed by atoms with Crippen LogP contribution in [0.5, 0.6) is 0 Å². The molecule has 0 radical (unpaired) electrons. The Balaban J connectivity index is 1.81. The Labute approximate surface area is 135 Å². The molecule has 0 bridgehead atoms. The molecule has 3 aromatic rings. The molecule has 0 fully saturated rings. The number of benzene rings is 2. The smallest absolute Gasteiger partial charge is 0.195 e. The first kappa shape index (κ1) is 14.9. The Kier molecular flexibility index (Phi) is 4.29. The highest BCUT2D eigenvalue weighted by atomic mass is 32.2. The fourth-order valence-electron chi connectivity index (χ4n) is 2.40. The van der Waals surface area contributed by atoms with E-state index in [1.165, 1.54) is 22.3 Å². The van der Waals surface area contributed by atoms with Gasteiger partial charge in [-0.3, -0.25) is 4.57 Å². The molecule has 0 saturated heterocycles. The van der Waals surface area contributed by atoms with Gasteiger partial charge in [-0.1, -0.05) is 59.3 Å². The summed E-state index contributed by atoms with van der Waals surface area (Å²) >= 11 is 1.71. The molecule has 0 spiro atoms. The summed E-state index contributed by atoms with van der Waals surface area (Å²) in [6.07, 6.45) is 1.79. The van der Waals surface area contributed by atoms with Crippen molar-refractivity contribution < 1.29 is 0 Å². The van der Waals surface area contributed by atoms with E-state index in [9.17, 15) is 0 Å². The van der Waals surface area contributed by atoms with Gasteiger partial charge in [0.1, 0.15) is 6.33 Å². The van der Waals surface area contributed by atoms with E-state index in [1.54, 1.807) is 18.1 Å². The number of thioether (sulfide) groups is 1. The topological polar surface area (TPSA) is 30.7 Å². The van der Waals surface area contributed by atoms with Gasteiger partial charge in [0.25, 0.3) is 0 Å². The maximum Gasteiger partial charge on any atom is 0.195 e. The molecule has 1 aromatic heterocycles. The molecule has 112 valence electrons. The van der Waals surface area contributed by atoms with Crippen LogP contribution in [0.25, 0.3) is 5.69 Å². The molecule has 3 nitrogen and oxygen atoms in total. The van der Waals surface area contributed by atoms with Crippen LogP contribution in [-0.2, 0) is 5.75 Å². The molecular weight excluding hydrogens is 290 g/mol. The molecule has 4 heteroatoms. The molecule has 0 saturated carbocycles. The second kappa shape index (κ2) is 6.36. The Morgan fingerprint density at radius 2 is 1.68 bits per heavy atom. The molecule has 0 N–H and O–H groups in total. The minimum atomic E-state index is 0.893. The highest BCUT2D eigenvalue weighted by molar-refractivity contribution is 7.98. The minimum Gasteiger partial charge on any atom is -0.276 e. The maximum atomic E-state index is 4.26. The van der Waals surface area contributed by atoms with Crippen LogP contribution in [0.15, 0.2) is 53.9 Å². The second-order valence-electron chi connectivity index (χ2n) is 5.55. The van der Waals surface area contributed by atoms with Crippen LogP contribution < -0.4 is 0 Å². The predicted octanol–water partition coefficient (Wildman–Crippen LogP) is 4.48. The van der Waals surface area contributed by atoms with Gasteiger partial charge in [-0.05, 0) is 38.0 Å². The first-order chi connectivity index (χ1) is 10.6. The average Bonchev–Trinajstić information content (AvgIpc) is 2.95. The van der Waals surface area contributed by atoms with Gasteiger partial charge in [-0.2, -0.15) is 0 Å². The lowest BCUT2D eigenvalue weighted by Gasteiger charge is -2.10. The normalized spacial score (nSPS) is 10.9. The fourth-order valence-corrected chi connectivity index (χ4v) is 3.27. The van der Waals surface area contributed by atoms with Crippen LogP contribution >= 0.6 is 11.8 Å². The van der Waals surface area contributed by atoms with Gasteiger partial charge < -0.3 is 0 Å². The number of aromatic nitrogens is 3. The molecule has 0 atom stereocenters. The quantitative estimate of drug-likeness (QED) is 0.666. The van der Waals surface area contributed by atoms with Crippen LogP contribution in [-0.4, -0.2) is 14.8 Å². The van der Waals surface area contributed by atoms with Crippen molar-refractivity contribution in [1.29, 1.82) is 0 Å². The van der Waals surface area contributed by atoms with Gasteiger partial charge in [-0.15, -0.1) is 10.2 Å². The standard InChI is InChI=1S/C18H19N3S/c1-13-4-7-16(8-5-13)11-22-18-20-19-12-21(18)17-9-6-14(2)10-15(17)3/h4-10,12H,11H2,1-3H3. The largest absolute Gasteiger partial charge is 0.276 e. The molecule has 0 aliphatic carbocycles. The van der Waals surface area contributed by atoms with Crippen LogP contribution in [0.3, 0.4) is 0 Å². The first-order valence-corrected chi connectivity index (χ1v) is 8.28. The molecule has 22 heavy (non-hydrogen) atoms. The Hall–Kier alpha value is -2.07. The van der Waals surface area contributed by atoms with Gasteiger partial charge in [0.05, 0.1) is 5.69 Å². The van der Waals surface area contributed by atoms with Crippen LogP contribution in [0, 0.1) is 20.8 Å². The molecule has 3 rings (SSSR count). The van der Waals surface area contributed by atoms with Crippen molar-refractivity contribution in [3.05, 3.63) is 71.0 Å². The highest BCUT2D eigenvalue weighted by Gasteiger charge is 2.09. The van der Waals surface area contributed by atoms with Crippen LogP contribution in [0.4, 0.5) is 0 Å². The molecule has 1 heterocycles. The molecule has 0 amide bonds. The van der Waals surface area contributed by atoms with Gasteiger partial charge in [0, 0.05) is 5.75 Å². The van der Waals surface area contributed by atoms with E-state index in [-0.39, 0.29) is 0 Å². The third-order valence-corrected chi connectivity index (χ3v) is 4.63. The Morgan fingerprint density at radius 1 is 0.955 bits per heavy atom. The van der Waals surface area contributed by atoms with Crippen molar-refractivity contribution in [2.75, 3.05) is 0 Å². The lowest BCUT2D eigenvalue weighted by Crippen LogP contribution is -1.98. The summed E-state index contributed by atoms with van der Waals surface area (Å²) in [4.78, 5) is 0. The highest BCUT2D eigenvalue weighted by Crippen LogP contribution is 2.25. The van der Waals surface area contributed by atoms with E-state index in [4.69, 9.17) is 0 Å². The van der Waals surface area contributed by atoms with E-state index in [0.717, 1.165) is 16.6 Å². The van der Waals surface area contributed by atoms with E-state index in [2.05, 4.69) is 78.0 Å². The second-order valence-corrected chi connectivity index (χ2v) is 6.49. The van der Waals surface area contributed by atoms with Crippen molar-refractivity contribution in [2.24, 2.45) is 0 Å². The van der Waals surface area contributed by atoms with Gasteiger partial charge in [0.15, 0.2) is 5.16 Å². The maximum absolute atomic E-state index is 4.26. The fraction of sp³-hybridized carbons (Fsp3) is 0.222. The zero-order valence-corrected chi connectivity index (χ0v) is 13.9. The summed E-state index contributed by atoms with van der Waals surface area (Å²) < 4.78 is 2.06. The van der Waals surface area contributed by atoms with E-state index in [1.807, 2.05) is 0 Å². The van der Waals surface area contributed by atoms with Gasteiger partial charge in [-0.25, -0.2) is 0 Å². The summed E-state index contributed by atoms with van der Waals surface area (Å²) in [5.74, 6) is 0.893. The monoisotopic (exact) mass is 309 g/mol. The summed E-state index contributed by atoms with van der Waals surface area (Å²) in [5.41, 5.74) is 6.22. The zero-order valence-electron chi connectivity index (χ0n) is 13.1. The van der Waals surface area contributed by atoms with Crippen molar-refractivity contribution in [1.82, 2.24) is 14.8 Å². The number of hydrogen-bond donors (Lipinski definition) is 0. The molecule has 2 aromatic carbocycles. The van der Waals surface area contributed by atoms with Crippen LogP contribution in [0.2, 0.25) is 0 Å². The Morgan fingerprint density at radius 3 is 2.41 bits per heavy atom. The summed E-state index contributed by atoms with van der Waals surface area (Å²) in [6, 6.07) is 15.1. The summed E-state index contributed by atoms with van der Waals surface area (Å²) in [7, 11) is 0. The number of hydrogen-bond acceptors (Lipinski definition) is 3. The summed E-state index contributed by atoms with van der Waals surface area (Å²) in [6.45, 7) is 6.33. The average molecular weight is 309 g/mol. The van der Waals surface area contributed by atoms with Gasteiger partial charge >= 0.3 is 0 Å². The van der Waals surface area contributed by atoms with Crippen molar-refractivity contribution in [3.63, 3.8) is 0 Å². The number of rotatable bonds is 4. The van der Waals surface area contributed by atoms with Crippen molar-refractivity contribution in [2.45, 2.75) is 31.7 Å². The molecule has 0 aliphatic rings. The summed E-state index contributed by atoms with van der Waals surface area (Å²) in [5, 5.41) is 9.27. The number of aryl methyl sites for hydroxylation is 3. The SMILES string of the molecule is Cc1ccc(CSc2nncn2-c2ccc(C)cc2C)cc1. The van der Waals surface area contributed by atoms with Gasteiger partial charge in [0.2, 0.25) is 0 Å². The number of nitrogens with zero attached hydrogens (tertiary/aromatic N) is 3. The lowest BCUT2D eigenvalue weighted by atomic mass is 10.1. The minimum absolute atomic E-state index is 0.893. The first-order valence-electron chi connectivity index (χ1n) is 7.29. The lowest BCUT2D eigenvalue weighted by molar-refractivity contribution is 0.877. The van der Waals surface area contributed by atoms with Crippen molar-refractivity contribution >= 4 is 11.8 Å². The molecule has 0 unspecified atom stereocenters. The molecule has 0 aliphatic heterocycles. The predicted molar refractivity (Wildman–Crippen MR) is 91.6 cm³/mol. The van der Waals surface area contributed by atoms with E-state index < -0.39 is 0 Å².